The van der Waals surface area contributed by atoms with Gasteiger partial charge in [-0.15, -0.1) is 0 Å². The number of aliphatic hydroxyl groups is 1. The quantitative estimate of drug-likeness (QED) is 0.695. The van der Waals surface area contributed by atoms with E-state index in [1.54, 1.807) is 6.92 Å². The molecule has 1 unspecified atom stereocenters. The van der Waals surface area contributed by atoms with Gasteiger partial charge in [0.1, 0.15) is 10.7 Å². The van der Waals surface area contributed by atoms with E-state index in [2.05, 4.69) is 4.72 Å². The number of sulfonamides is 1. The standard InChI is InChI=1S/C11H17FN2O3S/c1-3-11(2,15)7-14-18(16,17)10-6-8(13)4-5-9(10)12/h4-6,14-15H,3,7,13H2,1-2H3. The average Bonchev–Trinajstić information content (AvgIpc) is 2.30. The first-order valence-corrected chi connectivity index (χ1v) is 6.93. The SMILES string of the molecule is CCC(C)(O)CNS(=O)(=O)c1cc(N)ccc1F. The highest BCUT2D eigenvalue weighted by atomic mass is 32.2. The summed E-state index contributed by atoms with van der Waals surface area (Å²) in [4.78, 5) is -0.519. The molecular formula is C11H17FN2O3S. The molecular weight excluding hydrogens is 259 g/mol. The lowest BCUT2D eigenvalue weighted by Gasteiger charge is -2.21. The zero-order valence-corrected chi connectivity index (χ0v) is 11.1. The monoisotopic (exact) mass is 276 g/mol. The number of rotatable bonds is 5. The van der Waals surface area contributed by atoms with Crippen LogP contribution >= 0.6 is 0 Å². The molecule has 5 nitrogen and oxygen atoms in total. The minimum Gasteiger partial charge on any atom is -0.399 e. The molecule has 7 heteroatoms. The number of hydrogen-bond acceptors (Lipinski definition) is 4. The lowest BCUT2D eigenvalue weighted by atomic mass is 10.1. The Labute approximate surface area is 106 Å². The molecule has 0 saturated heterocycles. The van der Waals surface area contributed by atoms with Gasteiger partial charge in [-0.25, -0.2) is 17.5 Å². The molecule has 0 bridgehead atoms. The first-order valence-electron chi connectivity index (χ1n) is 5.45. The van der Waals surface area contributed by atoms with E-state index in [0.717, 1.165) is 12.1 Å². The molecule has 1 aromatic carbocycles. The molecule has 0 aromatic heterocycles. The Morgan fingerprint density at radius 3 is 2.67 bits per heavy atom. The van der Waals surface area contributed by atoms with Crippen molar-refractivity contribution in [3.63, 3.8) is 0 Å². The Kier molecular flexibility index (Phi) is 4.31. The average molecular weight is 276 g/mol. The van der Waals surface area contributed by atoms with Gasteiger partial charge in [-0.2, -0.15) is 0 Å². The number of halogens is 1. The zero-order valence-electron chi connectivity index (χ0n) is 10.3. The van der Waals surface area contributed by atoms with Crippen molar-refractivity contribution >= 4 is 15.7 Å². The van der Waals surface area contributed by atoms with Gasteiger partial charge in [-0.1, -0.05) is 6.92 Å². The van der Waals surface area contributed by atoms with Gasteiger partial charge in [0, 0.05) is 12.2 Å². The van der Waals surface area contributed by atoms with Crippen molar-refractivity contribution in [2.45, 2.75) is 30.8 Å². The summed E-state index contributed by atoms with van der Waals surface area (Å²) in [7, 11) is -4.02. The molecule has 18 heavy (non-hydrogen) atoms. The van der Waals surface area contributed by atoms with E-state index < -0.39 is 26.3 Å². The van der Waals surface area contributed by atoms with Crippen LogP contribution in [0.15, 0.2) is 23.1 Å². The van der Waals surface area contributed by atoms with Crippen LogP contribution < -0.4 is 10.5 Å². The lowest BCUT2D eigenvalue weighted by molar-refractivity contribution is 0.0613. The molecule has 1 atom stereocenters. The van der Waals surface area contributed by atoms with Gasteiger partial charge in [0.2, 0.25) is 10.0 Å². The maximum Gasteiger partial charge on any atom is 0.243 e. The van der Waals surface area contributed by atoms with Crippen molar-refractivity contribution in [1.29, 1.82) is 0 Å². The normalized spacial score (nSPS) is 15.3. The highest BCUT2D eigenvalue weighted by Crippen LogP contribution is 2.18. The fourth-order valence-corrected chi connectivity index (χ4v) is 2.45. The van der Waals surface area contributed by atoms with Crippen LogP contribution in [0.5, 0.6) is 0 Å². The van der Waals surface area contributed by atoms with E-state index in [9.17, 15) is 17.9 Å². The number of hydrogen-bond donors (Lipinski definition) is 3. The Bertz CT molecular complexity index is 529. The highest BCUT2D eigenvalue weighted by Gasteiger charge is 2.24. The van der Waals surface area contributed by atoms with E-state index in [4.69, 9.17) is 5.73 Å². The van der Waals surface area contributed by atoms with E-state index in [1.165, 1.54) is 13.0 Å². The topological polar surface area (TPSA) is 92.4 Å². The molecule has 0 aliphatic rings. The molecule has 0 aliphatic heterocycles. The second kappa shape index (κ2) is 5.21. The van der Waals surface area contributed by atoms with Crippen LogP contribution in [0.1, 0.15) is 20.3 Å². The van der Waals surface area contributed by atoms with Crippen LogP contribution in [-0.4, -0.2) is 25.7 Å². The number of anilines is 1. The van der Waals surface area contributed by atoms with Gasteiger partial charge < -0.3 is 10.8 Å². The van der Waals surface area contributed by atoms with E-state index in [1.807, 2.05) is 0 Å². The van der Waals surface area contributed by atoms with Crippen molar-refractivity contribution < 1.29 is 17.9 Å². The van der Waals surface area contributed by atoms with Crippen LogP contribution in [0.4, 0.5) is 10.1 Å². The minimum atomic E-state index is -4.02. The molecule has 102 valence electrons. The van der Waals surface area contributed by atoms with Gasteiger partial charge in [0.15, 0.2) is 0 Å². The molecule has 0 radical (unpaired) electrons. The largest absolute Gasteiger partial charge is 0.399 e. The van der Waals surface area contributed by atoms with E-state index >= 15 is 0 Å². The number of nitrogens with two attached hydrogens (primary N) is 1. The molecule has 0 amide bonds. The molecule has 0 spiro atoms. The van der Waals surface area contributed by atoms with Crippen LogP contribution in [0, 0.1) is 5.82 Å². The summed E-state index contributed by atoms with van der Waals surface area (Å²) >= 11 is 0. The van der Waals surface area contributed by atoms with Gasteiger partial charge in [0.25, 0.3) is 0 Å². The summed E-state index contributed by atoms with van der Waals surface area (Å²) in [5.41, 5.74) is 4.40. The Hall–Kier alpha value is -1.18. The first-order chi connectivity index (χ1) is 8.18. The number of nitrogens with one attached hydrogen (secondary N) is 1. The van der Waals surface area contributed by atoms with Gasteiger partial charge >= 0.3 is 0 Å². The maximum absolute atomic E-state index is 13.4. The lowest BCUT2D eigenvalue weighted by Crippen LogP contribution is -2.40. The van der Waals surface area contributed by atoms with Gasteiger partial charge in [0.05, 0.1) is 5.60 Å². The van der Waals surface area contributed by atoms with Crippen LogP contribution in [0.3, 0.4) is 0 Å². The predicted molar refractivity (Wildman–Crippen MR) is 66.9 cm³/mol. The minimum absolute atomic E-state index is 0.152. The third-order valence-electron chi connectivity index (χ3n) is 2.65. The predicted octanol–water partition coefficient (Wildman–Crippen LogP) is 0.847. The molecule has 0 aliphatic carbocycles. The Morgan fingerprint density at radius 2 is 2.11 bits per heavy atom. The fourth-order valence-electron chi connectivity index (χ4n) is 1.18. The smallest absolute Gasteiger partial charge is 0.243 e. The molecule has 1 aromatic rings. The van der Waals surface area contributed by atoms with Crippen molar-refractivity contribution in [1.82, 2.24) is 4.72 Å². The molecule has 0 heterocycles. The summed E-state index contributed by atoms with van der Waals surface area (Å²) in [6.07, 6.45) is 0.370. The van der Waals surface area contributed by atoms with Gasteiger partial charge in [-0.05, 0) is 31.5 Å². The molecule has 4 N–H and O–H groups in total. The maximum atomic E-state index is 13.4. The third kappa shape index (κ3) is 3.66. The first kappa shape index (κ1) is 14.9. The number of benzene rings is 1. The summed E-state index contributed by atoms with van der Waals surface area (Å²) in [5.74, 6) is -0.882. The second-order valence-corrected chi connectivity index (χ2v) is 6.10. The number of nitrogen functional groups attached to an aromatic ring is 1. The van der Waals surface area contributed by atoms with Crippen LogP contribution in [0.2, 0.25) is 0 Å². The van der Waals surface area contributed by atoms with Crippen molar-refractivity contribution in [3.05, 3.63) is 24.0 Å². The third-order valence-corrected chi connectivity index (χ3v) is 4.07. The summed E-state index contributed by atoms with van der Waals surface area (Å²) < 4.78 is 39.3. The van der Waals surface area contributed by atoms with E-state index in [-0.39, 0.29) is 12.2 Å². The summed E-state index contributed by atoms with van der Waals surface area (Å²) in [6.45, 7) is 3.01. The summed E-state index contributed by atoms with van der Waals surface area (Å²) in [5, 5.41) is 9.71. The molecule has 0 fully saturated rings. The molecule has 0 saturated carbocycles. The second-order valence-electron chi connectivity index (χ2n) is 4.36. The van der Waals surface area contributed by atoms with Crippen molar-refractivity contribution in [2.24, 2.45) is 0 Å². The van der Waals surface area contributed by atoms with Crippen LogP contribution in [-0.2, 0) is 10.0 Å². The van der Waals surface area contributed by atoms with Crippen LogP contribution in [0.25, 0.3) is 0 Å². The summed E-state index contributed by atoms with van der Waals surface area (Å²) in [6, 6.07) is 3.30. The molecule has 1 rings (SSSR count). The van der Waals surface area contributed by atoms with Gasteiger partial charge in [-0.3, -0.25) is 0 Å². The van der Waals surface area contributed by atoms with E-state index in [0.29, 0.717) is 6.42 Å². The zero-order chi connectivity index (χ0) is 14.0. The van der Waals surface area contributed by atoms with Crippen molar-refractivity contribution in [2.75, 3.05) is 12.3 Å². The fraction of sp³-hybridized carbons (Fsp3) is 0.455. The van der Waals surface area contributed by atoms with Crippen molar-refractivity contribution in [3.8, 4) is 0 Å². The highest BCUT2D eigenvalue weighted by molar-refractivity contribution is 7.89. The Morgan fingerprint density at radius 1 is 1.50 bits per heavy atom. The Balaban J connectivity index is 2.97.